The van der Waals surface area contributed by atoms with Crippen LogP contribution in [0.3, 0.4) is 0 Å². The van der Waals surface area contributed by atoms with Crippen LogP contribution in [-0.2, 0) is 4.79 Å². The summed E-state index contributed by atoms with van der Waals surface area (Å²) in [4.78, 5) is 28.3. The van der Waals surface area contributed by atoms with Gasteiger partial charge in [0.1, 0.15) is 0 Å². The standard InChI is InChI=1S/C11H15N3O2/c1-9(15)14(7-6-12-2)11(16)10-4-3-5-13-8-10/h3-5,8,12H,6-7H2,1-2H3. The highest BCUT2D eigenvalue weighted by Crippen LogP contribution is 2.03. The van der Waals surface area contributed by atoms with Gasteiger partial charge in [-0.25, -0.2) is 0 Å². The lowest BCUT2D eigenvalue weighted by Crippen LogP contribution is -2.39. The molecule has 0 bridgehead atoms. The van der Waals surface area contributed by atoms with Crippen molar-refractivity contribution in [2.45, 2.75) is 6.92 Å². The summed E-state index contributed by atoms with van der Waals surface area (Å²) >= 11 is 0. The number of amides is 2. The van der Waals surface area contributed by atoms with Gasteiger partial charge in [0.25, 0.3) is 5.91 Å². The SMILES string of the molecule is CNCCN(C(C)=O)C(=O)c1cccnc1. The van der Waals surface area contributed by atoms with Gasteiger partial charge in [0.2, 0.25) is 5.91 Å². The highest BCUT2D eigenvalue weighted by molar-refractivity contribution is 6.03. The quantitative estimate of drug-likeness (QED) is 0.793. The summed E-state index contributed by atoms with van der Waals surface area (Å²) in [6.45, 7) is 2.31. The maximum absolute atomic E-state index is 11.9. The Bertz CT molecular complexity index is 365. The average Bonchev–Trinajstić information content (AvgIpc) is 2.30. The molecule has 0 atom stereocenters. The smallest absolute Gasteiger partial charge is 0.262 e. The van der Waals surface area contributed by atoms with Crippen LogP contribution in [0.1, 0.15) is 17.3 Å². The number of pyridine rings is 1. The molecule has 5 nitrogen and oxygen atoms in total. The second-order valence-electron chi connectivity index (χ2n) is 3.32. The molecule has 0 aliphatic rings. The van der Waals surface area contributed by atoms with Gasteiger partial charge >= 0.3 is 0 Å². The molecule has 1 N–H and O–H groups in total. The van der Waals surface area contributed by atoms with E-state index < -0.39 is 0 Å². The normalized spacial score (nSPS) is 9.88. The highest BCUT2D eigenvalue weighted by atomic mass is 16.2. The maximum Gasteiger partial charge on any atom is 0.262 e. The van der Waals surface area contributed by atoms with Gasteiger partial charge in [0.15, 0.2) is 0 Å². The highest BCUT2D eigenvalue weighted by Gasteiger charge is 2.18. The first kappa shape index (κ1) is 12.3. The summed E-state index contributed by atoms with van der Waals surface area (Å²) < 4.78 is 0. The third-order valence-corrected chi connectivity index (χ3v) is 2.12. The van der Waals surface area contributed by atoms with Gasteiger partial charge in [0.05, 0.1) is 5.56 Å². The molecule has 0 spiro atoms. The first-order valence-electron chi connectivity index (χ1n) is 5.04. The summed E-state index contributed by atoms with van der Waals surface area (Å²) in [5.74, 6) is -0.569. The number of rotatable bonds is 4. The molecule has 2 amide bonds. The predicted octanol–water partition coefficient (Wildman–Crippen LogP) is 0.290. The molecule has 86 valence electrons. The Morgan fingerprint density at radius 3 is 2.75 bits per heavy atom. The summed E-state index contributed by atoms with van der Waals surface area (Å²) in [6.07, 6.45) is 3.04. The Labute approximate surface area is 94.5 Å². The van der Waals surface area contributed by atoms with E-state index in [0.717, 1.165) is 0 Å². The fourth-order valence-electron chi connectivity index (χ4n) is 1.27. The molecular formula is C11H15N3O2. The molecule has 1 heterocycles. The van der Waals surface area contributed by atoms with Crippen LogP contribution in [0, 0.1) is 0 Å². The van der Waals surface area contributed by atoms with E-state index in [9.17, 15) is 9.59 Å². The second-order valence-corrected chi connectivity index (χ2v) is 3.32. The van der Waals surface area contributed by atoms with Gasteiger partial charge in [-0.05, 0) is 19.2 Å². The minimum absolute atomic E-state index is 0.260. The Morgan fingerprint density at radius 1 is 1.50 bits per heavy atom. The van der Waals surface area contributed by atoms with Crippen LogP contribution in [0.15, 0.2) is 24.5 Å². The Morgan fingerprint density at radius 2 is 2.25 bits per heavy atom. The summed E-state index contributed by atoms with van der Waals surface area (Å²) in [5, 5.41) is 2.90. The monoisotopic (exact) mass is 221 g/mol. The molecule has 0 aliphatic carbocycles. The molecule has 1 aromatic rings. The van der Waals surface area contributed by atoms with Crippen molar-refractivity contribution in [3.63, 3.8) is 0 Å². The summed E-state index contributed by atoms with van der Waals surface area (Å²) in [6, 6.07) is 3.31. The van der Waals surface area contributed by atoms with Gasteiger partial charge in [0, 0.05) is 32.4 Å². The zero-order chi connectivity index (χ0) is 12.0. The lowest BCUT2D eigenvalue weighted by Gasteiger charge is -2.18. The van der Waals surface area contributed by atoms with Crippen molar-refractivity contribution in [2.24, 2.45) is 0 Å². The molecule has 0 radical (unpaired) electrons. The summed E-state index contributed by atoms with van der Waals surface area (Å²) in [5.41, 5.74) is 0.425. The number of nitrogens with one attached hydrogen (secondary N) is 1. The predicted molar refractivity (Wildman–Crippen MR) is 59.9 cm³/mol. The van der Waals surface area contributed by atoms with Crippen molar-refractivity contribution in [1.29, 1.82) is 0 Å². The van der Waals surface area contributed by atoms with Crippen molar-refractivity contribution in [3.8, 4) is 0 Å². The van der Waals surface area contributed by atoms with Crippen LogP contribution in [0.25, 0.3) is 0 Å². The molecule has 0 saturated heterocycles. The lowest BCUT2D eigenvalue weighted by atomic mass is 10.2. The fraction of sp³-hybridized carbons (Fsp3) is 0.364. The number of carbonyl (C=O) groups is 2. The Kier molecular flexibility index (Phi) is 4.60. The van der Waals surface area contributed by atoms with Gasteiger partial charge in [-0.2, -0.15) is 0 Å². The minimum Gasteiger partial charge on any atom is -0.318 e. The zero-order valence-electron chi connectivity index (χ0n) is 9.43. The molecule has 0 unspecified atom stereocenters. The van der Waals surface area contributed by atoms with Crippen LogP contribution in [0.5, 0.6) is 0 Å². The molecule has 16 heavy (non-hydrogen) atoms. The molecule has 0 aliphatic heterocycles. The van der Waals surface area contributed by atoms with Gasteiger partial charge in [-0.15, -0.1) is 0 Å². The third-order valence-electron chi connectivity index (χ3n) is 2.12. The maximum atomic E-state index is 11.9. The largest absolute Gasteiger partial charge is 0.318 e. The van der Waals surface area contributed by atoms with E-state index in [1.165, 1.54) is 18.0 Å². The molecule has 0 saturated carbocycles. The topological polar surface area (TPSA) is 62.3 Å². The van der Waals surface area contributed by atoms with E-state index in [0.29, 0.717) is 18.7 Å². The zero-order valence-corrected chi connectivity index (χ0v) is 9.43. The molecule has 1 rings (SSSR count). The van der Waals surface area contributed by atoms with Crippen LogP contribution in [0.4, 0.5) is 0 Å². The second kappa shape index (κ2) is 5.97. The molecule has 0 fully saturated rings. The van der Waals surface area contributed by atoms with E-state index in [1.54, 1.807) is 25.4 Å². The first-order valence-corrected chi connectivity index (χ1v) is 5.04. The third kappa shape index (κ3) is 3.13. The van der Waals surface area contributed by atoms with Crippen molar-refractivity contribution in [1.82, 2.24) is 15.2 Å². The van der Waals surface area contributed by atoms with Crippen molar-refractivity contribution >= 4 is 11.8 Å². The Balaban J connectivity index is 2.79. The van der Waals surface area contributed by atoms with E-state index in [-0.39, 0.29) is 11.8 Å². The number of hydrogen-bond acceptors (Lipinski definition) is 4. The number of carbonyl (C=O) groups excluding carboxylic acids is 2. The van der Waals surface area contributed by atoms with Crippen molar-refractivity contribution < 1.29 is 9.59 Å². The number of nitrogens with zero attached hydrogens (tertiary/aromatic N) is 2. The minimum atomic E-state index is -0.309. The van der Waals surface area contributed by atoms with E-state index in [1.807, 2.05) is 0 Å². The van der Waals surface area contributed by atoms with Crippen LogP contribution < -0.4 is 5.32 Å². The Hall–Kier alpha value is -1.75. The van der Waals surface area contributed by atoms with Crippen molar-refractivity contribution in [3.05, 3.63) is 30.1 Å². The van der Waals surface area contributed by atoms with E-state index in [4.69, 9.17) is 0 Å². The van der Waals surface area contributed by atoms with Crippen LogP contribution in [-0.4, -0.2) is 41.8 Å². The van der Waals surface area contributed by atoms with Crippen LogP contribution >= 0.6 is 0 Å². The van der Waals surface area contributed by atoms with Gasteiger partial charge < -0.3 is 5.32 Å². The fourth-order valence-corrected chi connectivity index (χ4v) is 1.27. The summed E-state index contributed by atoms with van der Waals surface area (Å²) in [7, 11) is 1.77. The van der Waals surface area contributed by atoms with E-state index >= 15 is 0 Å². The van der Waals surface area contributed by atoms with Crippen molar-refractivity contribution in [2.75, 3.05) is 20.1 Å². The van der Waals surface area contributed by atoms with Gasteiger partial charge in [-0.1, -0.05) is 0 Å². The number of hydrogen-bond donors (Lipinski definition) is 1. The number of likely N-dealkylation sites (N-methyl/N-ethyl adjacent to an activating group) is 1. The van der Waals surface area contributed by atoms with E-state index in [2.05, 4.69) is 10.3 Å². The average molecular weight is 221 g/mol. The number of imide groups is 1. The lowest BCUT2D eigenvalue weighted by molar-refractivity contribution is -0.126. The molecular weight excluding hydrogens is 206 g/mol. The molecule has 5 heteroatoms. The first-order chi connectivity index (χ1) is 7.66. The number of aromatic nitrogens is 1. The molecule has 0 aromatic carbocycles. The molecule has 1 aromatic heterocycles. The van der Waals surface area contributed by atoms with Gasteiger partial charge in [-0.3, -0.25) is 19.5 Å². The van der Waals surface area contributed by atoms with Crippen LogP contribution in [0.2, 0.25) is 0 Å².